The van der Waals surface area contributed by atoms with Gasteiger partial charge in [-0.25, -0.2) is 4.98 Å². The molecule has 1 aromatic rings. The summed E-state index contributed by atoms with van der Waals surface area (Å²) in [7, 11) is 1.50. The molecule has 5 heteroatoms. The first-order valence-electron chi connectivity index (χ1n) is 4.49. The standard InChI is InChI=1S/C9H15N3O2/c1-6(2)8-10-4-7(5-11-14-3)9(13)12-8/h4,6,11H,5H2,1-3H3,(H,10,12,13). The Morgan fingerprint density at radius 1 is 1.64 bits per heavy atom. The second-order valence-corrected chi connectivity index (χ2v) is 3.30. The second kappa shape index (κ2) is 4.88. The topological polar surface area (TPSA) is 67.0 Å². The highest BCUT2D eigenvalue weighted by atomic mass is 16.6. The highest BCUT2D eigenvalue weighted by molar-refractivity contribution is 5.06. The first-order chi connectivity index (χ1) is 6.65. The number of nitrogens with zero attached hydrogens (tertiary/aromatic N) is 1. The Labute approximate surface area is 82.5 Å². The number of H-pyrrole nitrogens is 1. The highest BCUT2D eigenvalue weighted by Gasteiger charge is 2.04. The Bertz CT molecular complexity index is 346. The second-order valence-electron chi connectivity index (χ2n) is 3.30. The third kappa shape index (κ3) is 2.65. The molecule has 0 fully saturated rings. The lowest BCUT2D eigenvalue weighted by molar-refractivity contribution is 0.0863. The van der Waals surface area contributed by atoms with Gasteiger partial charge in [0.15, 0.2) is 0 Å². The van der Waals surface area contributed by atoms with Crippen molar-refractivity contribution in [2.75, 3.05) is 7.11 Å². The lowest BCUT2D eigenvalue weighted by Crippen LogP contribution is -2.22. The lowest BCUT2D eigenvalue weighted by Gasteiger charge is -2.05. The van der Waals surface area contributed by atoms with Crippen molar-refractivity contribution in [2.24, 2.45) is 0 Å². The van der Waals surface area contributed by atoms with Gasteiger partial charge in [-0.1, -0.05) is 13.8 Å². The Morgan fingerprint density at radius 2 is 2.36 bits per heavy atom. The van der Waals surface area contributed by atoms with Gasteiger partial charge in [-0.15, -0.1) is 0 Å². The quantitative estimate of drug-likeness (QED) is 0.691. The Morgan fingerprint density at radius 3 is 2.86 bits per heavy atom. The number of hydrogen-bond acceptors (Lipinski definition) is 4. The third-order valence-corrected chi connectivity index (χ3v) is 1.85. The first kappa shape index (κ1) is 10.9. The summed E-state index contributed by atoms with van der Waals surface area (Å²) >= 11 is 0. The smallest absolute Gasteiger partial charge is 0.255 e. The zero-order chi connectivity index (χ0) is 10.6. The summed E-state index contributed by atoms with van der Waals surface area (Å²) in [4.78, 5) is 23.0. The molecule has 0 atom stereocenters. The molecule has 0 aliphatic carbocycles. The molecule has 0 bridgehead atoms. The van der Waals surface area contributed by atoms with Crippen molar-refractivity contribution >= 4 is 0 Å². The van der Waals surface area contributed by atoms with E-state index < -0.39 is 0 Å². The number of rotatable bonds is 4. The number of hydroxylamine groups is 1. The van der Waals surface area contributed by atoms with Crippen LogP contribution < -0.4 is 11.0 Å². The molecule has 0 radical (unpaired) electrons. The van der Waals surface area contributed by atoms with Crippen LogP contribution in [0.1, 0.15) is 31.2 Å². The Kier molecular flexibility index (Phi) is 3.79. The maximum absolute atomic E-state index is 11.5. The summed E-state index contributed by atoms with van der Waals surface area (Å²) in [5.74, 6) is 0.934. The van der Waals surface area contributed by atoms with Gasteiger partial charge in [-0.2, -0.15) is 5.48 Å². The fourth-order valence-corrected chi connectivity index (χ4v) is 1.00. The maximum atomic E-state index is 11.5. The zero-order valence-electron chi connectivity index (χ0n) is 8.63. The van der Waals surface area contributed by atoms with E-state index in [4.69, 9.17) is 0 Å². The molecule has 0 unspecified atom stereocenters. The van der Waals surface area contributed by atoms with Crippen LogP contribution in [0.15, 0.2) is 11.0 Å². The predicted octanol–water partition coefficient (Wildman–Crippen LogP) is 0.544. The summed E-state index contributed by atoms with van der Waals surface area (Å²) in [6, 6.07) is 0. The van der Waals surface area contributed by atoms with E-state index in [9.17, 15) is 4.79 Å². The van der Waals surface area contributed by atoms with Crippen molar-refractivity contribution in [1.82, 2.24) is 15.4 Å². The molecule has 2 N–H and O–H groups in total. The SMILES string of the molecule is CONCc1cnc(C(C)C)[nH]c1=O. The minimum atomic E-state index is -0.117. The maximum Gasteiger partial charge on any atom is 0.255 e. The molecule has 0 saturated carbocycles. The highest BCUT2D eigenvalue weighted by Crippen LogP contribution is 2.05. The molecule has 0 amide bonds. The van der Waals surface area contributed by atoms with E-state index >= 15 is 0 Å². The molecule has 0 aliphatic heterocycles. The molecular weight excluding hydrogens is 182 g/mol. The van der Waals surface area contributed by atoms with Gasteiger partial charge < -0.3 is 9.82 Å². The van der Waals surface area contributed by atoms with Crippen molar-refractivity contribution in [1.29, 1.82) is 0 Å². The zero-order valence-corrected chi connectivity index (χ0v) is 8.63. The minimum Gasteiger partial charge on any atom is -0.310 e. The number of hydrogen-bond donors (Lipinski definition) is 2. The molecule has 78 valence electrons. The average molecular weight is 197 g/mol. The van der Waals surface area contributed by atoms with Gasteiger partial charge in [-0.3, -0.25) is 4.79 Å². The van der Waals surface area contributed by atoms with E-state index in [2.05, 4.69) is 20.3 Å². The van der Waals surface area contributed by atoms with E-state index in [0.717, 1.165) is 0 Å². The van der Waals surface area contributed by atoms with E-state index in [1.54, 1.807) is 6.20 Å². The summed E-state index contributed by atoms with van der Waals surface area (Å²) in [5.41, 5.74) is 3.04. The molecular formula is C9H15N3O2. The van der Waals surface area contributed by atoms with Crippen molar-refractivity contribution < 1.29 is 4.84 Å². The van der Waals surface area contributed by atoms with Crippen LogP contribution in [-0.2, 0) is 11.4 Å². The van der Waals surface area contributed by atoms with Gasteiger partial charge in [-0.05, 0) is 0 Å². The average Bonchev–Trinajstić information content (AvgIpc) is 2.15. The van der Waals surface area contributed by atoms with Gasteiger partial charge in [0.05, 0.1) is 19.2 Å². The van der Waals surface area contributed by atoms with Crippen molar-refractivity contribution in [2.45, 2.75) is 26.3 Å². The van der Waals surface area contributed by atoms with E-state index in [1.165, 1.54) is 7.11 Å². The van der Waals surface area contributed by atoms with Crippen molar-refractivity contribution in [3.8, 4) is 0 Å². The first-order valence-corrected chi connectivity index (χ1v) is 4.49. The molecule has 1 heterocycles. The third-order valence-electron chi connectivity index (χ3n) is 1.85. The van der Waals surface area contributed by atoms with Crippen molar-refractivity contribution in [3.63, 3.8) is 0 Å². The fourth-order valence-electron chi connectivity index (χ4n) is 1.00. The monoisotopic (exact) mass is 197 g/mol. The van der Waals surface area contributed by atoms with E-state index in [-0.39, 0.29) is 11.5 Å². The fraction of sp³-hybridized carbons (Fsp3) is 0.556. The summed E-state index contributed by atoms with van der Waals surface area (Å²) in [6.07, 6.45) is 1.57. The van der Waals surface area contributed by atoms with Crippen LogP contribution in [0.3, 0.4) is 0 Å². The number of aromatic amines is 1. The Hall–Kier alpha value is -1.20. The van der Waals surface area contributed by atoms with Gasteiger partial charge in [0.1, 0.15) is 5.82 Å². The van der Waals surface area contributed by atoms with Gasteiger partial charge in [0, 0.05) is 12.1 Å². The van der Waals surface area contributed by atoms with Crippen LogP contribution in [0.4, 0.5) is 0 Å². The lowest BCUT2D eigenvalue weighted by atomic mass is 10.2. The molecule has 5 nitrogen and oxygen atoms in total. The molecule has 0 spiro atoms. The van der Waals surface area contributed by atoms with Crippen LogP contribution in [0, 0.1) is 0 Å². The minimum absolute atomic E-state index is 0.117. The molecule has 1 rings (SSSR count). The van der Waals surface area contributed by atoms with Crippen LogP contribution in [0.25, 0.3) is 0 Å². The van der Waals surface area contributed by atoms with Crippen LogP contribution in [0.5, 0.6) is 0 Å². The van der Waals surface area contributed by atoms with Crippen LogP contribution >= 0.6 is 0 Å². The Balaban J connectivity index is 2.85. The molecule has 14 heavy (non-hydrogen) atoms. The van der Waals surface area contributed by atoms with Crippen LogP contribution in [-0.4, -0.2) is 17.1 Å². The largest absolute Gasteiger partial charge is 0.310 e. The molecule has 0 saturated heterocycles. The van der Waals surface area contributed by atoms with E-state index in [0.29, 0.717) is 17.9 Å². The van der Waals surface area contributed by atoms with E-state index in [1.807, 2.05) is 13.8 Å². The molecule has 0 aromatic carbocycles. The molecule has 1 aromatic heterocycles. The molecule has 0 aliphatic rings. The van der Waals surface area contributed by atoms with Gasteiger partial charge in [0.2, 0.25) is 0 Å². The predicted molar refractivity (Wildman–Crippen MR) is 52.8 cm³/mol. The summed E-state index contributed by atoms with van der Waals surface area (Å²) < 4.78 is 0. The van der Waals surface area contributed by atoms with Crippen molar-refractivity contribution in [3.05, 3.63) is 27.9 Å². The number of aromatic nitrogens is 2. The summed E-state index contributed by atoms with van der Waals surface area (Å²) in [5, 5.41) is 0. The van der Waals surface area contributed by atoms with Gasteiger partial charge >= 0.3 is 0 Å². The summed E-state index contributed by atoms with van der Waals surface area (Å²) in [6.45, 7) is 4.31. The normalized spacial score (nSPS) is 10.9. The number of nitrogens with one attached hydrogen (secondary N) is 2. The van der Waals surface area contributed by atoms with Gasteiger partial charge in [0.25, 0.3) is 5.56 Å². The van der Waals surface area contributed by atoms with Crippen LogP contribution in [0.2, 0.25) is 0 Å².